The number of anilines is 1. The van der Waals surface area contributed by atoms with Crippen LogP contribution < -0.4 is 10.2 Å². The Morgan fingerprint density at radius 1 is 1.33 bits per heavy atom. The van der Waals surface area contributed by atoms with Crippen LogP contribution in [0.3, 0.4) is 0 Å². The van der Waals surface area contributed by atoms with Crippen molar-refractivity contribution >= 4 is 17.3 Å². The molecule has 0 unspecified atom stereocenters. The van der Waals surface area contributed by atoms with Gasteiger partial charge < -0.3 is 10.2 Å². The third-order valence-corrected chi connectivity index (χ3v) is 4.04. The lowest BCUT2D eigenvalue weighted by atomic mass is 10.00. The lowest BCUT2D eigenvalue weighted by Crippen LogP contribution is -2.37. The summed E-state index contributed by atoms with van der Waals surface area (Å²) in [5.74, 6) is 0.114. The number of aryl methyl sites for hydroxylation is 1. The fraction of sp³-hybridized carbons (Fsp3) is 0.533. The van der Waals surface area contributed by atoms with Gasteiger partial charge in [-0.25, -0.2) is 0 Å². The molecule has 1 aliphatic carbocycles. The Morgan fingerprint density at radius 3 is 2.86 bits per heavy atom. The number of amides is 1. The van der Waals surface area contributed by atoms with Gasteiger partial charge in [-0.15, -0.1) is 0 Å². The zero-order chi connectivity index (χ0) is 14.8. The van der Waals surface area contributed by atoms with Gasteiger partial charge in [0.15, 0.2) is 0 Å². The van der Waals surface area contributed by atoms with E-state index >= 15 is 0 Å². The van der Waals surface area contributed by atoms with Crippen LogP contribution in [0.5, 0.6) is 0 Å². The average Bonchev–Trinajstić information content (AvgIpc) is 3.29. The summed E-state index contributed by atoms with van der Waals surface area (Å²) < 4.78 is 0. The fourth-order valence-electron chi connectivity index (χ4n) is 2.74. The van der Waals surface area contributed by atoms with Gasteiger partial charge in [-0.1, -0.05) is 0 Å². The molecule has 0 aromatic heterocycles. The quantitative estimate of drug-likeness (QED) is 0.494. The van der Waals surface area contributed by atoms with Gasteiger partial charge >= 0.3 is 0 Å². The number of carbonyl (C=O) groups is 1. The number of nitro groups is 1. The molecule has 1 amide bonds. The van der Waals surface area contributed by atoms with E-state index in [-0.39, 0.29) is 16.5 Å². The number of benzene rings is 1. The SMILES string of the molecule is O=C1CCc2cc([N+](=O)[O-])ccc2N1CCCNC1CC1. The summed E-state index contributed by atoms with van der Waals surface area (Å²) in [5.41, 5.74) is 1.83. The highest BCUT2D eigenvalue weighted by Crippen LogP contribution is 2.31. The standard InChI is InChI=1S/C15H19N3O3/c19-15-7-2-11-10-13(18(20)21)5-6-14(11)17(15)9-1-8-16-12-3-4-12/h5-6,10,12,16H,1-4,7-9H2. The molecule has 1 fully saturated rings. The second kappa shape index (κ2) is 5.81. The molecular weight excluding hydrogens is 270 g/mol. The number of hydrogen-bond acceptors (Lipinski definition) is 4. The Labute approximate surface area is 123 Å². The minimum atomic E-state index is -0.388. The maximum atomic E-state index is 12.1. The second-order valence-electron chi connectivity index (χ2n) is 5.70. The smallest absolute Gasteiger partial charge is 0.269 e. The maximum Gasteiger partial charge on any atom is 0.269 e. The van der Waals surface area contributed by atoms with Gasteiger partial charge in [-0.05, 0) is 43.9 Å². The van der Waals surface area contributed by atoms with Gasteiger partial charge in [0.05, 0.1) is 4.92 Å². The zero-order valence-electron chi connectivity index (χ0n) is 11.9. The van der Waals surface area contributed by atoms with E-state index < -0.39 is 0 Å². The Balaban J connectivity index is 1.68. The highest BCUT2D eigenvalue weighted by molar-refractivity contribution is 5.96. The maximum absolute atomic E-state index is 12.1. The lowest BCUT2D eigenvalue weighted by Gasteiger charge is -2.29. The van der Waals surface area contributed by atoms with Crippen molar-refractivity contribution in [3.05, 3.63) is 33.9 Å². The summed E-state index contributed by atoms with van der Waals surface area (Å²) in [6, 6.07) is 5.46. The summed E-state index contributed by atoms with van der Waals surface area (Å²) in [6.45, 7) is 1.58. The van der Waals surface area contributed by atoms with Crippen LogP contribution in [0.2, 0.25) is 0 Å². The van der Waals surface area contributed by atoms with Gasteiger partial charge in [0.1, 0.15) is 0 Å². The van der Waals surface area contributed by atoms with E-state index in [2.05, 4.69) is 5.32 Å². The molecule has 0 atom stereocenters. The van der Waals surface area contributed by atoms with Crippen molar-refractivity contribution < 1.29 is 9.72 Å². The molecule has 1 N–H and O–H groups in total. The predicted molar refractivity (Wildman–Crippen MR) is 79.4 cm³/mol. The molecular formula is C15H19N3O3. The topological polar surface area (TPSA) is 75.5 Å². The fourth-order valence-corrected chi connectivity index (χ4v) is 2.74. The molecule has 1 aromatic rings. The number of nitrogens with one attached hydrogen (secondary N) is 1. The van der Waals surface area contributed by atoms with Gasteiger partial charge in [0, 0.05) is 36.8 Å². The highest BCUT2D eigenvalue weighted by Gasteiger charge is 2.26. The van der Waals surface area contributed by atoms with E-state index in [4.69, 9.17) is 0 Å². The highest BCUT2D eigenvalue weighted by atomic mass is 16.6. The van der Waals surface area contributed by atoms with E-state index in [0.29, 0.717) is 25.4 Å². The number of non-ortho nitro benzene ring substituents is 1. The first kappa shape index (κ1) is 14.0. The average molecular weight is 289 g/mol. The first-order valence-corrected chi connectivity index (χ1v) is 7.46. The molecule has 6 nitrogen and oxygen atoms in total. The third kappa shape index (κ3) is 3.21. The number of fused-ring (bicyclic) bond motifs is 1. The van der Waals surface area contributed by atoms with E-state index in [1.165, 1.54) is 18.9 Å². The van der Waals surface area contributed by atoms with Gasteiger partial charge in [-0.2, -0.15) is 0 Å². The van der Waals surface area contributed by atoms with Crippen molar-refractivity contribution in [2.45, 2.75) is 38.1 Å². The number of nitro benzene ring substituents is 1. The molecule has 0 bridgehead atoms. The second-order valence-corrected chi connectivity index (χ2v) is 5.70. The number of carbonyl (C=O) groups excluding carboxylic acids is 1. The lowest BCUT2D eigenvalue weighted by molar-refractivity contribution is -0.384. The Bertz CT molecular complexity index is 569. The van der Waals surface area contributed by atoms with Crippen LogP contribution >= 0.6 is 0 Å². The van der Waals surface area contributed by atoms with Crippen LogP contribution in [0.25, 0.3) is 0 Å². The van der Waals surface area contributed by atoms with Crippen molar-refractivity contribution in [1.29, 1.82) is 0 Å². The van der Waals surface area contributed by atoms with E-state index in [1.807, 2.05) is 0 Å². The van der Waals surface area contributed by atoms with Gasteiger partial charge in [-0.3, -0.25) is 14.9 Å². The summed E-state index contributed by atoms with van der Waals surface area (Å²) in [6.07, 6.45) is 4.44. The van der Waals surface area contributed by atoms with Crippen LogP contribution in [-0.2, 0) is 11.2 Å². The Kier molecular flexibility index (Phi) is 3.88. The van der Waals surface area contributed by atoms with Gasteiger partial charge in [0.2, 0.25) is 5.91 Å². The molecule has 1 heterocycles. The molecule has 21 heavy (non-hydrogen) atoms. The Hall–Kier alpha value is -1.95. The monoisotopic (exact) mass is 289 g/mol. The summed E-state index contributed by atoms with van der Waals surface area (Å²) in [5, 5.41) is 14.3. The third-order valence-electron chi connectivity index (χ3n) is 4.04. The van der Waals surface area contributed by atoms with Crippen LogP contribution in [0, 0.1) is 10.1 Å². The van der Waals surface area contributed by atoms with Gasteiger partial charge in [0.25, 0.3) is 5.69 Å². The number of rotatable bonds is 6. The first-order chi connectivity index (χ1) is 10.1. The molecule has 0 radical (unpaired) electrons. The molecule has 0 saturated heterocycles. The van der Waals surface area contributed by atoms with Crippen LogP contribution in [0.4, 0.5) is 11.4 Å². The largest absolute Gasteiger partial charge is 0.314 e. The summed E-state index contributed by atoms with van der Waals surface area (Å²) in [4.78, 5) is 24.3. The first-order valence-electron chi connectivity index (χ1n) is 7.46. The minimum absolute atomic E-state index is 0.0958. The molecule has 1 aromatic carbocycles. The minimum Gasteiger partial charge on any atom is -0.314 e. The van der Waals surface area contributed by atoms with Crippen molar-refractivity contribution in [2.75, 3.05) is 18.0 Å². The van der Waals surface area contributed by atoms with E-state index in [1.54, 1.807) is 17.0 Å². The molecule has 6 heteroatoms. The molecule has 112 valence electrons. The predicted octanol–water partition coefficient (Wildman–Crippen LogP) is 2.02. The van der Waals surface area contributed by atoms with Crippen LogP contribution in [0.1, 0.15) is 31.2 Å². The number of hydrogen-bond donors (Lipinski definition) is 1. The van der Waals surface area contributed by atoms with E-state index in [0.717, 1.165) is 24.2 Å². The van der Waals surface area contributed by atoms with Crippen LogP contribution in [0.15, 0.2) is 18.2 Å². The van der Waals surface area contributed by atoms with Crippen molar-refractivity contribution in [1.82, 2.24) is 5.32 Å². The molecule has 0 spiro atoms. The number of nitrogens with zero attached hydrogens (tertiary/aromatic N) is 2. The normalized spacial score (nSPS) is 17.7. The van der Waals surface area contributed by atoms with Crippen LogP contribution in [-0.4, -0.2) is 30.0 Å². The summed E-state index contributed by atoms with van der Waals surface area (Å²) in [7, 11) is 0. The van der Waals surface area contributed by atoms with E-state index in [9.17, 15) is 14.9 Å². The summed E-state index contributed by atoms with van der Waals surface area (Å²) >= 11 is 0. The zero-order valence-corrected chi connectivity index (χ0v) is 11.9. The molecule has 1 aliphatic heterocycles. The molecule has 3 rings (SSSR count). The Morgan fingerprint density at radius 2 is 2.14 bits per heavy atom. The molecule has 1 saturated carbocycles. The van der Waals surface area contributed by atoms with Crippen molar-refractivity contribution in [3.8, 4) is 0 Å². The van der Waals surface area contributed by atoms with Crippen molar-refractivity contribution in [2.24, 2.45) is 0 Å². The van der Waals surface area contributed by atoms with Crippen molar-refractivity contribution in [3.63, 3.8) is 0 Å². The molecule has 2 aliphatic rings.